The van der Waals surface area contributed by atoms with Crippen molar-refractivity contribution in [1.29, 1.82) is 0 Å². The van der Waals surface area contributed by atoms with E-state index in [-0.39, 0.29) is 12.5 Å². The van der Waals surface area contributed by atoms with Crippen molar-refractivity contribution in [2.45, 2.75) is 26.3 Å². The minimum absolute atomic E-state index is 0.117. The largest absolute Gasteiger partial charge is 0.481 e. The van der Waals surface area contributed by atoms with Crippen molar-refractivity contribution < 1.29 is 14.7 Å². The van der Waals surface area contributed by atoms with Gasteiger partial charge in [0.2, 0.25) is 0 Å². The molecule has 1 amide bonds. The summed E-state index contributed by atoms with van der Waals surface area (Å²) in [5.41, 5.74) is 4.51. The molecule has 0 aromatic heterocycles. The molecule has 0 spiro atoms. The Hall–Kier alpha value is -2.62. The molecule has 1 unspecified atom stereocenters. The molecule has 1 heterocycles. The Morgan fingerprint density at radius 3 is 2.52 bits per heavy atom. The van der Waals surface area contributed by atoms with Gasteiger partial charge in [-0.2, -0.15) is 0 Å². The molecule has 0 bridgehead atoms. The lowest BCUT2D eigenvalue weighted by molar-refractivity contribution is -0.139. The highest BCUT2D eigenvalue weighted by Crippen LogP contribution is 2.29. The molecule has 0 saturated carbocycles. The van der Waals surface area contributed by atoms with Crippen molar-refractivity contribution in [3.8, 4) is 0 Å². The van der Waals surface area contributed by atoms with Crippen LogP contribution in [0.2, 0.25) is 0 Å². The maximum atomic E-state index is 12.8. The zero-order chi connectivity index (χ0) is 16.6. The van der Waals surface area contributed by atoms with Crippen molar-refractivity contribution in [2.24, 2.45) is 0 Å². The third kappa shape index (κ3) is 2.84. The van der Waals surface area contributed by atoms with Gasteiger partial charge in [-0.3, -0.25) is 9.59 Å². The van der Waals surface area contributed by atoms with Crippen LogP contribution in [0.25, 0.3) is 0 Å². The number of nitrogens with zero attached hydrogens (tertiary/aromatic N) is 1. The van der Waals surface area contributed by atoms with Crippen LogP contribution in [0.15, 0.2) is 42.5 Å². The normalized spacial score (nSPS) is 16.8. The van der Waals surface area contributed by atoms with E-state index >= 15 is 0 Å². The quantitative estimate of drug-likeness (QED) is 0.927. The molecule has 2 aromatic carbocycles. The molecule has 1 N–H and O–H groups in total. The van der Waals surface area contributed by atoms with Crippen LogP contribution in [0.1, 0.15) is 38.5 Å². The van der Waals surface area contributed by atoms with Gasteiger partial charge in [-0.25, -0.2) is 0 Å². The zero-order valence-electron chi connectivity index (χ0n) is 13.2. The van der Waals surface area contributed by atoms with Gasteiger partial charge in [-0.05, 0) is 48.2 Å². The first-order chi connectivity index (χ1) is 11.0. The van der Waals surface area contributed by atoms with Crippen molar-refractivity contribution in [1.82, 2.24) is 4.90 Å². The number of benzene rings is 2. The highest BCUT2D eigenvalue weighted by atomic mass is 16.4. The van der Waals surface area contributed by atoms with Crippen LogP contribution in [0.3, 0.4) is 0 Å². The smallest absolute Gasteiger partial charge is 0.312 e. The fourth-order valence-corrected chi connectivity index (χ4v) is 3.03. The predicted molar refractivity (Wildman–Crippen MR) is 87.5 cm³/mol. The Bertz CT molecular complexity index is 782. The molecular weight excluding hydrogens is 290 g/mol. The fourth-order valence-electron chi connectivity index (χ4n) is 3.03. The summed E-state index contributed by atoms with van der Waals surface area (Å²) in [6.07, 6.45) is 0. The van der Waals surface area contributed by atoms with Crippen molar-refractivity contribution in [3.63, 3.8) is 0 Å². The number of rotatable bonds is 2. The van der Waals surface area contributed by atoms with E-state index in [0.717, 1.165) is 22.3 Å². The molecular formula is C19H19NO3. The number of carbonyl (C=O) groups excluding carboxylic acids is 1. The number of carboxylic acid groups (broad SMARTS) is 1. The second kappa shape index (κ2) is 5.88. The highest BCUT2D eigenvalue weighted by molar-refractivity contribution is 5.95. The minimum atomic E-state index is -0.893. The third-order valence-electron chi connectivity index (χ3n) is 4.53. The number of carbonyl (C=O) groups is 2. The summed E-state index contributed by atoms with van der Waals surface area (Å²) in [7, 11) is 0. The van der Waals surface area contributed by atoms with Crippen LogP contribution < -0.4 is 0 Å². The molecule has 23 heavy (non-hydrogen) atoms. The first kappa shape index (κ1) is 15.3. The van der Waals surface area contributed by atoms with E-state index < -0.39 is 11.9 Å². The van der Waals surface area contributed by atoms with Crippen LogP contribution in [-0.4, -0.2) is 28.4 Å². The van der Waals surface area contributed by atoms with E-state index in [2.05, 4.69) is 0 Å². The topological polar surface area (TPSA) is 57.6 Å². The van der Waals surface area contributed by atoms with Crippen molar-refractivity contribution in [3.05, 3.63) is 70.3 Å². The van der Waals surface area contributed by atoms with E-state index in [9.17, 15) is 14.7 Å². The molecule has 118 valence electrons. The van der Waals surface area contributed by atoms with E-state index in [1.54, 1.807) is 11.0 Å². The molecule has 4 nitrogen and oxygen atoms in total. The lowest BCUT2D eigenvalue weighted by atomic mass is 9.89. The van der Waals surface area contributed by atoms with Gasteiger partial charge in [-0.1, -0.05) is 30.3 Å². The van der Waals surface area contributed by atoms with Gasteiger partial charge in [0.1, 0.15) is 0 Å². The summed E-state index contributed by atoms with van der Waals surface area (Å²) >= 11 is 0. The van der Waals surface area contributed by atoms with Gasteiger partial charge in [0.05, 0.1) is 5.92 Å². The second-order valence-corrected chi connectivity index (χ2v) is 6.07. The number of amides is 1. The lowest BCUT2D eigenvalue weighted by Crippen LogP contribution is -2.40. The number of carboxylic acids is 1. The van der Waals surface area contributed by atoms with Gasteiger partial charge in [0.15, 0.2) is 0 Å². The minimum Gasteiger partial charge on any atom is -0.481 e. The van der Waals surface area contributed by atoms with E-state index in [1.807, 2.05) is 50.2 Å². The second-order valence-electron chi connectivity index (χ2n) is 6.07. The van der Waals surface area contributed by atoms with E-state index in [4.69, 9.17) is 0 Å². The highest BCUT2D eigenvalue weighted by Gasteiger charge is 2.32. The standard InChI is InChI=1S/C19H19NO3/c1-12-7-8-14(9-13(12)2)18(21)20-10-15-5-3-4-6-16(15)17(11-20)19(22)23/h3-9,17H,10-11H2,1-2H3,(H,22,23). The monoisotopic (exact) mass is 309 g/mol. The first-order valence-corrected chi connectivity index (χ1v) is 7.64. The van der Waals surface area contributed by atoms with E-state index in [1.165, 1.54) is 0 Å². The molecule has 1 aliphatic heterocycles. The molecule has 4 heteroatoms. The number of aryl methyl sites for hydroxylation is 2. The Labute approximate surface area is 135 Å². The van der Waals surface area contributed by atoms with Gasteiger partial charge in [0.25, 0.3) is 5.91 Å². The summed E-state index contributed by atoms with van der Waals surface area (Å²) in [5.74, 6) is -1.68. The van der Waals surface area contributed by atoms with Gasteiger partial charge < -0.3 is 10.0 Å². The maximum absolute atomic E-state index is 12.8. The average Bonchev–Trinajstić information content (AvgIpc) is 2.55. The molecule has 0 aliphatic carbocycles. The number of fused-ring (bicyclic) bond motifs is 1. The van der Waals surface area contributed by atoms with Gasteiger partial charge in [-0.15, -0.1) is 0 Å². The fraction of sp³-hybridized carbons (Fsp3) is 0.263. The molecule has 0 radical (unpaired) electrons. The van der Waals surface area contributed by atoms with Crippen LogP contribution >= 0.6 is 0 Å². The van der Waals surface area contributed by atoms with Crippen molar-refractivity contribution >= 4 is 11.9 Å². The Morgan fingerprint density at radius 2 is 1.83 bits per heavy atom. The summed E-state index contributed by atoms with van der Waals surface area (Å²) < 4.78 is 0. The van der Waals surface area contributed by atoms with Crippen LogP contribution in [0.4, 0.5) is 0 Å². The summed E-state index contributed by atoms with van der Waals surface area (Å²) in [6, 6.07) is 13.1. The van der Waals surface area contributed by atoms with Crippen LogP contribution in [0, 0.1) is 13.8 Å². The first-order valence-electron chi connectivity index (χ1n) is 7.64. The molecule has 0 fully saturated rings. The Kier molecular flexibility index (Phi) is 3.90. The average molecular weight is 309 g/mol. The number of hydrogen-bond donors (Lipinski definition) is 1. The Balaban J connectivity index is 1.93. The third-order valence-corrected chi connectivity index (χ3v) is 4.53. The van der Waals surface area contributed by atoms with Gasteiger partial charge >= 0.3 is 5.97 Å². The van der Waals surface area contributed by atoms with Gasteiger partial charge in [0, 0.05) is 18.7 Å². The Morgan fingerprint density at radius 1 is 1.09 bits per heavy atom. The summed E-state index contributed by atoms with van der Waals surface area (Å²) in [5, 5.41) is 9.50. The molecule has 2 aromatic rings. The lowest BCUT2D eigenvalue weighted by Gasteiger charge is -2.33. The SMILES string of the molecule is Cc1ccc(C(=O)N2Cc3ccccc3C(C(=O)O)C2)cc1C. The maximum Gasteiger partial charge on any atom is 0.312 e. The zero-order valence-corrected chi connectivity index (χ0v) is 13.2. The van der Waals surface area contributed by atoms with Crippen LogP contribution in [-0.2, 0) is 11.3 Å². The molecule has 0 saturated heterocycles. The summed E-state index contributed by atoms with van der Waals surface area (Å²) in [6.45, 7) is 4.63. The number of hydrogen-bond acceptors (Lipinski definition) is 2. The van der Waals surface area contributed by atoms with E-state index in [0.29, 0.717) is 12.1 Å². The van der Waals surface area contributed by atoms with Crippen LogP contribution in [0.5, 0.6) is 0 Å². The predicted octanol–water partition coefficient (Wildman–Crippen LogP) is 3.13. The molecule has 1 atom stereocenters. The molecule has 3 rings (SSSR count). The summed E-state index contributed by atoms with van der Waals surface area (Å²) in [4.78, 5) is 26.0. The van der Waals surface area contributed by atoms with Crippen molar-refractivity contribution in [2.75, 3.05) is 6.54 Å². The number of aliphatic carboxylic acids is 1. The molecule has 1 aliphatic rings.